The lowest BCUT2D eigenvalue weighted by molar-refractivity contribution is -0.251. The molecule has 0 aliphatic heterocycles. The van der Waals surface area contributed by atoms with Gasteiger partial charge < -0.3 is 13.7 Å². The number of rotatable bonds is 7. The zero-order valence-electron chi connectivity index (χ0n) is 19.6. The summed E-state index contributed by atoms with van der Waals surface area (Å²) >= 11 is 0. The summed E-state index contributed by atoms with van der Waals surface area (Å²) in [5.74, 6) is 0.499. The Bertz CT molecular complexity index is 1520. The molecule has 0 amide bonds. The summed E-state index contributed by atoms with van der Waals surface area (Å²) in [5, 5.41) is 1.74. The van der Waals surface area contributed by atoms with Crippen LogP contribution >= 0.6 is 0 Å². The molecule has 4 fully saturated rings. The number of esters is 1. The number of methoxy groups -OCH3 is 1. The topological polar surface area (TPSA) is 61.4 Å². The molecule has 0 saturated heterocycles. The minimum atomic E-state index is -0.292. The molecule has 4 aliphatic carbocycles. The van der Waals surface area contributed by atoms with Crippen molar-refractivity contribution in [3.8, 4) is 0 Å². The van der Waals surface area contributed by atoms with Crippen molar-refractivity contribution in [3.63, 3.8) is 0 Å². The summed E-state index contributed by atoms with van der Waals surface area (Å²) < 4.78 is 26.6. The largest absolute Gasteiger partial charge is 0.469 e. The third-order valence-corrected chi connectivity index (χ3v) is 9.07. The number of hydrogen-bond donors (Lipinski definition) is 0. The Balaban J connectivity index is 1.16. The van der Waals surface area contributed by atoms with Crippen LogP contribution in [0.25, 0.3) is 21.9 Å². The fourth-order valence-corrected chi connectivity index (χ4v) is 7.16. The van der Waals surface area contributed by atoms with Gasteiger partial charge in [0, 0.05) is 29.0 Å². The molecule has 0 N–H and O–H groups in total. The number of ketones is 1. The Morgan fingerprint density at radius 3 is 2.60 bits per heavy atom. The summed E-state index contributed by atoms with van der Waals surface area (Å²) in [4.78, 5) is 25.8. The van der Waals surface area contributed by atoms with Crippen molar-refractivity contribution in [3.05, 3.63) is 71.9 Å². The van der Waals surface area contributed by atoms with E-state index in [1.54, 1.807) is 6.07 Å². The second-order valence-electron chi connectivity index (χ2n) is 11.0. The number of hydrogen-bond acceptors (Lipinski definition) is 4. The highest BCUT2D eigenvalue weighted by Gasteiger charge is 2.80. The van der Waals surface area contributed by atoms with Crippen molar-refractivity contribution in [1.29, 1.82) is 0 Å². The van der Waals surface area contributed by atoms with E-state index in [0.717, 1.165) is 54.0 Å². The molecule has 4 aliphatic rings. The molecule has 6 heteroatoms. The van der Waals surface area contributed by atoms with Gasteiger partial charge in [0.2, 0.25) is 0 Å². The molecule has 0 radical (unpaired) electrons. The number of carbonyl (C=O) groups is 2. The highest BCUT2D eigenvalue weighted by Crippen LogP contribution is 2.85. The van der Waals surface area contributed by atoms with E-state index in [9.17, 15) is 14.0 Å². The van der Waals surface area contributed by atoms with Gasteiger partial charge in [-0.1, -0.05) is 12.1 Å². The number of halogens is 1. The van der Waals surface area contributed by atoms with Gasteiger partial charge in [-0.25, -0.2) is 4.39 Å². The van der Waals surface area contributed by atoms with Gasteiger partial charge in [0.15, 0.2) is 5.78 Å². The predicted octanol–water partition coefficient (Wildman–Crippen LogP) is 6.27. The van der Waals surface area contributed by atoms with E-state index in [4.69, 9.17) is 9.15 Å². The first-order chi connectivity index (χ1) is 16.9. The van der Waals surface area contributed by atoms with Gasteiger partial charge in [0.1, 0.15) is 17.2 Å². The van der Waals surface area contributed by atoms with Crippen molar-refractivity contribution in [2.75, 3.05) is 7.11 Å². The number of fused-ring (bicyclic) bond motifs is 2. The van der Waals surface area contributed by atoms with Crippen molar-refractivity contribution in [2.45, 2.75) is 45.1 Å². The minimum absolute atomic E-state index is 0.0300. The first kappa shape index (κ1) is 20.9. The molecule has 178 valence electrons. The number of furan rings is 1. The summed E-state index contributed by atoms with van der Waals surface area (Å²) in [6.07, 6.45) is 7.22. The van der Waals surface area contributed by atoms with Crippen molar-refractivity contribution in [1.82, 2.24) is 4.57 Å². The number of para-hydroxylation sites is 1. The van der Waals surface area contributed by atoms with E-state index in [2.05, 4.69) is 0 Å². The highest BCUT2D eigenvalue weighted by molar-refractivity contribution is 6.07. The molecule has 4 aromatic rings. The molecule has 8 rings (SSSR count). The Hall–Kier alpha value is -3.41. The van der Waals surface area contributed by atoms with Crippen LogP contribution in [0, 0.1) is 22.1 Å². The van der Waals surface area contributed by atoms with Crippen molar-refractivity contribution >= 4 is 33.6 Å². The number of Topliss-reactive ketones (excluding diaryl/α,β-unsaturated/α-hetero) is 1. The molecule has 35 heavy (non-hydrogen) atoms. The van der Waals surface area contributed by atoms with Crippen LogP contribution in [0.15, 0.2) is 59.1 Å². The summed E-state index contributed by atoms with van der Waals surface area (Å²) in [6, 6.07) is 14.3. The minimum Gasteiger partial charge on any atom is -0.469 e. The van der Waals surface area contributed by atoms with Crippen LogP contribution in [-0.4, -0.2) is 23.4 Å². The average Bonchev–Trinajstić information content (AvgIpc) is 3.26. The molecule has 2 aromatic carbocycles. The monoisotopic (exact) mass is 471 g/mol. The Labute approximate surface area is 201 Å². The van der Waals surface area contributed by atoms with Gasteiger partial charge in [-0.05, 0) is 79.3 Å². The van der Waals surface area contributed by atoms with Crippen LogP contribution in [0.5, 0.6) is 0 Å². The fraction of sp³-hybridized carbons (Fsp3) is 0.379. The summed E-state index contributed by atoms with van der Waals surface area (Å²) in [7, 11) is 1.46. The normalized spacial score (nSPS) is 25.8. The zero-order valence-corrected chi connectivity index (χ0v) is 19.6. The van der Waals surface area contributed by atoms with E-state index < -0.39 is 0 Å². The van der Waals surface area contributed by atoms with E-state index in [0.29, 0.717) is 24.3 Å². The smallest absolute Gasteiger partial charge is 0.311 e. The Morgan fingerprint density at radius 2 is 1.86 bits per heavy atom. The lowest BCUT2D eigenvalue weighted by Gasteiger charge is -2.72. The molecular formula is C29H26FNO4. The highest BCUT2D eigenvalue weighted by atomic mass is 19.1. The molecule has 0 unspecified atom stereocenters. The summed E-state index contributed by atoms with van der Waals surface area (Å²) in [6.45, 7) is 0.459. The number of benzene rings is 2. The second-order valence-corrected chi connectivity index (χ2v) is 11.0. The number of carbonyl (C=O) groups excluding carboxylic acids is 2. The molecule has 2 heterocycles. The fourth-order valence-electron chi connectivity index (χ4n) is 7.16. The number of nitrogens with zero attached hydrogens (tertiary/aromatic N) is 1. The van der Waals surface area contributed by atoms with Gasteiger partial charge in [-0.2, -0.15) is 0 Å². The maximum absolute atomic E-state index is 13.7. The molecule has 0 spiro atoms. The van der Waals surface area contributed by atoms with Gasteiger partial charge in [-0.3, -0.25) is 9.59 Å². The van der Waals surface area contributed by atoms with Crippen LogP contribution in [0.1, 0.15) is 54.6 Å². The van der Waals surface area contributed by atoms with Crippen LogP contribution in [0.3, 0.4) is 0 Å². The SMILES string of the molecule is COC(=O)C12CC(C3(CC(=O)c4cccc5ccn(Cc6cc7cc(F)ccc7o6)c45)CC3)(C1)C2. The molecule has 4 saturated carbocycles. The van der Waals surface area contributed by atoms with Crippen LogP contribution in [-0.2, 0) is 16.1 Å². The van der Waals surface area contributed by atoms with Crippen LogP contribution in [0.4, 0.5) is 4.39 Å². The second kappa shape index (κ2) is 6.84. The average molecular weight is 472 g/mol. The van der Waals surface area contributed by atoms with Gasteiger partial charge in [0.05, 0.1) is 24.6 Å². The standard InChI is InChI=1S/C29H26FNO4/c1-34-26(33)27-15-29(16-27,17-27)28(8-9-28)13-23(32)22-4-2-3-18-7-10-31(25(18)22)14-21-12-19-11-20(30)5-6-24(19)35-21/h2-7,10-12H,8-9,13-17H2,1H3. The first-order valence-electron chi connectivity index (χ1n) is 12.2. The van der Waals surface area contributed by atoms with Crippen LogP contribution < -0.4 is 0 Å². The quantitative estimate of drug-likeness (QED) is 0.235. The van der Waals surface area contributed by atoms with Crippen molar-refractivity contribution < 1.29 is 23.1 Å². The summed E-state index contributed by atoms with van der Waals surface area (Å²) in [5.41, 5.74) is 2.17. The molecule has 0 atom stereocenters. The van der Waals surface area contributed by atoms with Crippen molar-refractivity contribution in [2.24, 2.45) is 16.2 Å². The Morgan fingerprint density at radius 1 is 1.06 bits per heavy atom. The number of ether oxygens (including phenoxy) is 1. The molecular weight excluding hydrogens is 445 g/mol. The molecule has 2 bridgehead atoms. The zero-order chi connectivity index (χ0) is 24.0. The van der Waals surface area contributed by atoms with E-state index in [1.807, 2.05) is 41.1 Å². The molecule has 5 nitrogen and oxygen atoms in total. The lowest BCUT2D eigenvalue weighted by Crippen LogP contribution is -2.69. The maximum atomic E-state index is 13.7. The van der Waals surface area contributed by atoms with E-state index >= 15 is 0 Å². The molecule has 2 aromatic heterocycles. The number of aromatic nitrogens is 1. The van der Waals surface area contributed by atoms with E-state index in [-0.39, 0.29) is 33.8 Å². The Kier molecular flexibility index (Phi) is 4.09. The van der Waals surface area contributed by atoms with Gasteiger partial charge in [0.25, 0.3) is 0 Å². The van der Waals surface area contributed by atoms with Gasteiger partial charge in [-0.15, -0.1) is 0 Å². The van der Waals surface area contributed by atoms with Crippen LogP contribution in [0.2, 0.25) is 0 Å². The lowest BCUT2D eigenvalue weighted by atomic mass is 9.30. The third-order valence-electron chi connectivity index (χ3n) is 9.07. The van der Waals surface area contributed by atoms with Gasteiger partial charge >= 0.3 is 5.97 Å². The van der Waals surface area contributed by atoms with E-state index in [1.165, 1.54) is 19.2 Å². The maximum Gasteiger partial charge on any atom is 0.311 e. The first-order valence-corrected chi connectivity index (χ1v) is 12.2. The predicted molar refractivity (Wildman–Crippen MR) is 129 cm³/mol. The third kappa shape index (κ3) is 2.85.